The van der Waals surface area contributed by atoms with Crippen molar-refractivity contribution in [3.8, 4) is 0 Å². The monoisotopic (exact) mass is 224 g/mol. The summed E-state index contributed by atoms with van der Waals surface area (Å²) < 4.78 is 0. The third-order valence-electron chi connectivity index (χ3n) is 2.75. The number of nitrogens with zero attached hydrogens (tertiary/aromatic N) is 2. The fraction of sp³-hybridized carbons (Fsp3) is 0. The van der Waals surface area contributed by atoms with Gasteiger partial charge in [-0.2, -0.15) is 0 Å². The molecular formula is C13H8N2O2. The van der Waals surface area contributed by atoms with Crippen LogP contribution in [0.5, 0.6) is 0 Å². The number of carbonyl (C=O) groups is 1. The lowest BCUT2D eigenvalue weighted by atomic mass is 10.0. The Balaban J connectivity index is 2.22. The Morgan fingerprint density at radius 2 is 1.65 bits per heavy atom. The predicted octanol–water partition coefficient (Wildman–Crippen LogP) is 2.10. The molecule has 0 fully saturated rings. The number of rotatable bonds is 1. The molecule has 1 N–H and O–H groups in total. The van der Waals surface area contributed by atoms with Gasteiger partial charge in [-0.15, -0.1) is 0 Å². The lowest BCUT2D eigenvalue weighted by molar-refractivity contribution is 0.105. The highest BCUT2D eigenvalue weighted by Crippen LogP contribution is 2.35. The molecule has 0 saturated heterocycles. The maximum Gasteiger partial charge on any atom is 0.198 e. The van der Waals surface area contributed by atoms with Gasteiger partial charge in [0.05, 0.1) is 5.57 Å². The van der Waals surface area contributed by atoms with Crippen molar-refractivity contribution in [2.75, 3.05) is 0 Å². The number of fused-ring (bicyclic) bond motifs is 1. The Bertz CT molecular complexity index is 633. The van der Waals surface area contributed by atoms with E-state index in [9.17, 15) is 9.90 Å². The lowest BCUT2D eigenvalue weighted by Crippen LogP contribution is -1.98. The van der Waals surface area contributed by atoms with Crippen LogP contribution in [0, 0.1) is 0 Å². The fourth-order valence-electron chi connectivity index (χ4n) is 1.94. The van der Waals surface area contributed by atoms with E-state index in [-0.39, 0.29) is 11.5 Å². The van der Waals surface area contributed by atoms with E-state index in [1.165, 1.54) is 6.20 Å². The number of aromatic nitrogens is 2. The Morgan fingerprint density at radius 3 is 2.35 bits per heavy atom. The number of pyridine rings is 2. The first kappa shape index (κ1) is 9.72. The van der Waals surface area contributed by atoms with Crippen LogP contribution in [0.15, 0.2) is 43.0 Å². The summed E-state index contributed by atoms with van der Waals surface area (Å²) >= 11 is 0. The summed E-state index contributed by atoms with van der Waals surface area (Å²) in [7, 11) is 0. The summed E-state index contributed by atoms with van der Waals surface area (Å²) in [6.07, 6.45) is 6.21. The number of hydrogen-bond donors (Lipinski definition) is 1. The SMILES string of the molecule is O=C1C(c2ccncc2)=C(O)c2cnccc21. The molecule has 0 spiro atoms. The van der Waals surface area contributed by atoms with Crippen LogP contribution < -0.4 is 0 Å². The minimum absolute atomic E-state index is 0.00991. The van der Waals surface area contributed by atoms with Crippen LogP contribution >= 0.6 is 0 Å². The van der Waals surface area contributed by atoms with Gasteiger partial charge in [0, 0.05) is 35.9 Å². The van der Waals surface area contributed by atoms with Crippen LogP contribution in [-0.4, -0.2) is 20.9 Å². The van der Waals surface area contributed by atoms with Crippen molar-refractivity contribution in [3.63, 3.8) is 0 Å². The molecule has 2 heterocycles. The molecule has 17 heavy (non-hydrogen) atoms. The number of aliphatic hydroxyl groups is 1. The maximum absolute atomic E-state index is 12.1. The van der Waals surface area contributed by atoms with Crippen molar-refractivity contribution >= 4 is 17.1 Å². The summed E-state index contributed by atoms with van der Waals surface area (Å²) in [5, 5.41) is 10.1. The molecule has 2 aromatic rings. The first-order chi connectivity index (χ1) is 8.29. The number of aliphatic hydroxyl groups excluding tert-OH is 1. The van der Waals surface area contributed by atoms with E-state index >= 15 is 0 Å². The third-order valence-corrected chi connectivity index (χ3v) is 2.75. The highest BCUT2D eigenvalue weighted by molar-refractivity contribution is 6.38. The number of carbonyl (C=O) groups excluding carboxylic acids is 1. The van der Waals surface area contributed by atoms with Gasteiger partial charge in [0.1, 0.15) is 5.76 Å². The van der Waals surface area contributed by atoms with Gasteiger partial charge in [-0.3, -0.25) is 14.8 Å². The number of Topliss-reactive ketones (excluding diaryl/α,β-unsaturated/α-hetero) is 1. The zero-order chi connectivity index (χ0) is 11.8. The molecule has 0 bridgehead atoms. The zero-order valence-corrected chi connectivity index (χ0v) is 8.79. The highest BCUT2D eigenvalue weighted by Gasteiger charge is 2.30. The number of ketones is 1. The average Bonchev–Trinajstić information content (AvgIpc) is 2.64. The second-order valence-corrected chi connectivity index (χ2v) is 3.71. The summed E-state index contributed by atoms with van der Waals surface area (Å²) in [4.78, 5) is 19.9. The van der Waals surface area contributed by atoms with Gasteiger partial charge in [0.25, 0.3) is 0 Å². The van der Waals surface area contributed by atoms with Crippen LogP contribution in [0.3, 0.4) is 0 Å². The molecule has 0 amide bonds. The third kappa shape index (κ3) is 1.34. The predicted molar refractivity (Wildman–Crippen MR) is 62.2 cm³/mol. The van der Waals surface area contributed by atoms with Crippen molar-refractivity contribution in [1.82, 2.24) is 9.97 Å². The van der Waals surface area contributed by atoms with Crippen molar-refractivity contribution in [3.05, 3.63) is 59.7 Å². The van der Waals surface area contributed by atoms with Crippen molar-refractivity contribution < 1.29 is 9.90 Å². The average molecular weight is 224 g/mol. The Morgan fingerprint density at radius 1 is 0.941 bits per heavy atom. The molecule has 1 aliphatic carbocycles. The second kappa shape index (κ2) is 3.52. The first-order valence-electron chi connectivity index (χ1n) is 5.12. The smallest absolute Gasteiger partial charge is 0.198 e. The van der Waals surface area contributed by atoms with Crippen LogP contribution in [0.2, 0.25) is 0 Å². The molecule has 0 aromatic carbocycles. The molecule has 2 aromatic heterocycles. The maximum atomic E-state index is 12.1. The topological polar surface area (TPSA) is 63.1 Å². The molecular weight excluding hydrogens is 216 g/mol. The van der Waals surface area contributed by atoms with E-state index in [2.05, 4.69) is 9.97 Å². The van der Waals surface area contributed by atoms with Gasteiger partial charge < -0.3 is 5.11 Å². The summed E-state index contributed by atoms with van der Waals surface area (Å²) in [5.41, 5.74) is 1.96. The fourth-order valence-corrected chi connectivity index (χ4v) is 1.94. The second-order valence-electron chi connectivity index (χ2n) is 3.71. The summed E-state index contributed by atoms with van der Waals surface area (Å²) in [5.74, 6) is -0.185. The molecule has 82 valence electrons. The van der Waals surface area contributed by atoms with Gasteiger partial charge in [-0.1, -0.05) is 0 Å². The van der Waals surface area contributed by atoms with Crippen LogP contribution in [0.4, 0.5) is 0 Å². The molecule has 0 radical (unpaired) electrons. The molecule has 0 aliphatic heterocycles. The van der Waals surface area contributed by atoms with Gasteiger partial charge >= 0.3 is 0 Å². The van der Waals surface area contributed by atoms with Gasteiger partial charge in [-0.25, -0.2) is 0 Å². The van der Waals surface area contributed by atoms with E-state index in [0.717, 1.165) is 0 Å². The molecule has 3 rings (SSSR count). The van der Waals surface area contributed by atoms with E-state index < -0.39 is 0 Å². The largest absolute Gasteiger partial charge is 0.506 e. The lowest BCUT2D eigenvalue weighted by Gasteiger charge is -2.00. The van der Waals surface area contributed by atoms with Crippen molar-refractivity contribution in [2.24, 2.45) is 0 Å². The molecule has 0 atom stereocenters. The number of hydrogen-bond acceptors (Lipinski definition) is 4. The van der Waals surface area contributed by atoms with Crippen LogP contribution in [0.1, 0.15) is 21.5 Å². The van der Waals surface area contributed by atoms with E-state index in [4.69, 9.17) is 0 Å². The van der Waals surface area contributed by atoms with Crippen molar-refractivity contribution in [2.45, 2.75) is 0 Å². The van der Waals surface area contributed by atoms with E-state index in [0.29, 0.717) is 22.3 Å². The Hall–Kier alpha value is -2.49. The van der Waals surface area contributed by atoms with E-state index in [1.807, 2.05) is 0 Å². The quantitative estimate of drug-likeness (QED) is 0.805. The van der Waals surface area contributed by atoms with Gasteiger partial charge in [-0.05, 0) is 23.8 Å². The highest BCUT2D eigenvalue weighted by atomic mass is 16.3. The van der Waals surface area contributed by atoms with Crippen LogP contribution in [-0.2, 0) is 0 Å². The molecule has 4 nitrogen and oxygen atoms in total. The minimum atomic E-state index is -0.175. The summed E-state index contributed by atoms with van der Waals surface area (Å²) in [6.45, 7) is 0. The first-order valence-corrected chi connectivity index (χ1v) is 5.12. The molecule has 4 heteroatoms. The van der Waals surface area contributed by atoms with Crippen molar-refractivity contribution in [1.29, 1.82) is 0 Å². The standard InChI is InChI=1S/C13H8N2O2/c16-12-9-3-6-15-7-10(9)13(17)11(12)8-1-4-14-5-2-8/h1-7,17H. The Kier molecular flexibility index (Phi) is 2.01. The zero-order valence-electron chi connectivity index (χ0n) is 8.79. The minimum Gasteiger partial charge on any atom is -0.506 e. The van der Waals surface area contributed by atoms with E-state index in [1.54, 1.807) is 36.8 Å². The molecule has 0 unspecified atom stereocenters. The molecule has 1 aliphatic rings. The van der Waals surface area contributed by atoms with Gasteiger partial charge in [0.2, 0.25) is 0 Å². The molecule has 0 saturated carbocycles. The summed E-state index contributed by atoms with van der Waals surface area (Å²) in [6, 6.07) is 5.01. The van der Waals surface area contributed by atoms with Crippen LogP contribution in [0.25, 0.3) is 11.3 Å². The Labute approximate surface area is 97.3 Å². The van der Waals surface area contributed by atoms with Gasteiger partial charge in [0.15, 0.2) is 5.78 Å². The number of allylic oxidation sites excluding steroid dienone is 1. The normalized spacial score (nSPS) is 14.0.